The van der Waals surface area contributed by atoms with Gasteiger partial charge in [0.2, 0.25) is 0 Å². The van der Waals surface area contributed by atoms with Crippen LogP contribution in [0.1, 0.15) is 5.56 Å². The number of rotatable bonds is 3. The number of benzene rings is 2. The van der Waals surface area contributed by atoms with Gasteiger partial charge in [0.25, 0.3) is 0 Å². The number of nitrogens with two attached hydrogens (primary N) is 1. The van der Waals surface area contributed by atoms with E-state index in [1.807, 2.05) is 12.1 Å². The highest BCUT2D eigenvalue weighted by atomic mass is 16.6. The van der Waals surface area contributed by atoms with E-state index in [1.54, 1.807) is 24.3 Å². The first-order valence-electron chi connectivity index (χ1n) is 5.67. The third-order valence-corrected chi connectivity index (χ3v) is 2.77. The predicted octanol–water partition coefficient (Wildman–Crippen LogP) is 2.09. The Morgan fingerprint density at radius 2 is 1.84 bits per heavy atom. The highest BCUT2D eigenvalue weighted by Gasteiger charge is 2.13. The van der Waals surface area contributed by atoms with Crippen LogP contribution in [-0.4, -0.2) is 15.4 Å². The predicted molar refractivity (Wildman–Crippen MR) is 68.7 cm³/mol. The third-order valence-electron chi connectivity index (χ3n) is 2.77. The van der Waals surface area contributed by atoms with Crippen molar-refractivity contribution in [3.8, 4) is 11.5 Å². The average molecular weight is 257 g/mol. The van der Waals surface area contributed by atoms with Crippen molar-refractivity contribution < 1.29 is 14.5 Å². The van der Waals surface area contributed by atoms with Gasteiger partial charge in [-0.05, 0) is 28.5 Å². The molecule has 1 aromatic heterocycles. The SMILES string of the molecule is Nc1ccc(Oc2ccccc2CO)c2nonc12. The summed E-state index contributed by atoms with van der Waals surface area (Å²) in [6.07, 6.45) is 0. The molecule has 0 saturated heterocycles. The lowest BCUT2D eigenvalue weighted by atomic mass is 10.2. The first-order chi connectivity index (χ1) is 9.29. The number of aromatic nitrogens is 2. The van der Waals surface area contributed by atoms with Crippen molar-refractivity contribution >= 4 is 16.7 Å². The van der Waals surface area contributed by atoms with Crippen molar-refractivity contribution in [2.24, 2.45) is 0 Å². The molecule has 0 fully saturated rings. The molecule has 2 aromatic carbocycles. The summed E-state index contributed by atoms with van der Waals surface area (Å²) in [4.78, 5) is 0. The van der Waals surface area contributed by atoms with E-state index >= 15 is 0 Å². The number of nitrogen functional groups attached to an aromatic ring is 1. The number of nitrogens with zero attached hydrogens (tertiary/aromatic N) is 2. The second-order valence-electron chi connectivity index (χ2n) is 3.98. The summed E-state index contributed by atoms with van der Waals surface area (Å²) in [7, 11) is 0. The van der Waals surface area contributed by atoms with E-state index in [9.17, 15) is 5.11 Å². The smallest absolute Gasteiger partial charge is 0.179 e. The molecule has 96 valence electrons. The quantitative estimate of drug-likeness (QED) is 0.698. The molecule has 19 heavy (non-hydrogen) atoms. The highest BCUT2D eigenvalue weighted by Crippen LogP contribution is 2.32. The van der Waals surface area contributed by atoms with Crippen LogP contribution in [0.25, 0.3) is 11.0 Å². The van der Waals surface area contributed by atoms with Crippen LogP contribution < -0.4 is 10.5 Å². The zero-order chi connectivity index (χ0) is 13.2. The van der Waals surface area contributed by atoms with Gasteiger partial charge in [0, 0.05) is 5.56 Å². The second-order valence-corrected chi connectivity index (χ2v) is 3.98. The summed E-state index contributed by atoms with van der Waals surface area (Å²) in [5.41, 5.74) is 7.83. The molecule has 3 N–H and O–H groups in total. The van der Waals surface area contributed by atoms with Gasteiger partial charge in [-0.2, -0.15) is 0 Å². The number of aliphatic hydroxyl groups excluding tert-OH is 1. The van der Waals surface area contributed by atoms with Gasteiger partial charge in [-0.15, -0.1) is 0 Å². The first-order valence-corrected chi connectivity index (χ1v) is 5.67. The second kappa shape index (κ2) is 4.58. The Morgan fingerprint density at radius 3 is 2.68 bits per heavy atom. The lowest BCUT2D eigenvalue weighted by Crippen LogP contribution is -1.93. The monoisotopic (exact) mass is 257 g/mol. The molecule has 0 spiro atoms. The minimum absolute atomic E-state index is 0.106. The molecule has 0 bridgehead atoms. The van der Waals surface area contributed by atoms with Gasteiger partial charge in [-0.1, -0.05) is 18.2 Å². The minimum atomic E-state index is -0.106. The fourth-order valence-corrected chi connectivity index (χ4v) is 1.80. The number of para-hydroxylation sites is 1. The van der Waals surface area contributed by atoms with Crippen molar-refractivity contribution in [2.75, 3.05) is 5.73 Å². The van der Waals surface area contributed by atoms with Gasteiger partial charge in [0.1, 0.15) is 5.75 Å². The minimum Gasteiger partial charge on any atom is -0.454 e. The van der Waals surface area contributed by atoms with E-state index in [0.29, 0.717) is 33.8 Å². The van der Waals surface area contributed by atoms with Gasteiger partial charge in [-0.25, -0.2) is 4.63 Å². The number of anilines is 1. The van der Waals surface area contributed by atoms with Gasteiger partial charge >= 0.3 is 0 Å². The number of hydrogen-bond acceptors (Lipinski definition) is 6. The van der Waals surface area contributed by atoms with Gasteiger partial charge in [0.05, 0.1) is 12.3 Å². The average Bonchev–Trinajstić information content (AvgIpc) is 2.93. The van der Waals surface area contributed by atoms with Crippen LogP contribution in [0, 0.1) is 0 Å². The number of aliphatic hydroxyl groups is 1. The molecular weight excluding hydrogens is 246 g/mol. The molecule has 0 aliphatic carbocycles. The maximum atomic E-state index is 9.27. The molecule has 1 heterocycles. The number of fused-ring (bicyclic) bond motifs is 1. The van der Waals surface area contributed by atoms with Crippen LogP contribution in [0.2, 0.25) is 0 Å². The lowest BCUT2D eigenvalue weighted by Gasteiger charge is -2.09. The Kier molecular flexibility index (Phi) is 2.77. The van der Waals surface area contributed by atoms with E-state index in [0.717, 1.165) is 0 Å². The molecule has 0 radical (unpaired) electrons. The molecule has 3 aromatic rings. The zero-order valence-electron chi connectivity index (χ0n) is 9.91. The zero-order valence-corrected chi connectivity index (χ0v) is 9.91. The standard InChI is InChI=1S/C13H11N3O3/c14-9-5-6-11(13-12(9)15-19-16-13)18-10-4-2-1-3-8(10)7-17/h1-6,17H,7,14H2. The molecule has 0 atom stereocenters. The van der Waals surface area contributed by atoms with Crippen LogP contribution in [0.3, 0.4) is 0 Å². The van der Waals surface area contributed by atoms with Crippen LogP contribution in [-0.2, 0) is 6.61 Å². The number of ether oxygens (including phenoxy) is 1. The molecule has 6 nitrogen and oxygen atoms in total. The molecule has 0 unspecified atom stereocenters. The van der Waals surface area contributed by atoms with Gasteiger partial charge < -0.3 is 15.6 Å². The topological polar surface area (TPSA) is 94.4 Å². The Morgan fingerprint density at radius 1 is 1.05 bits per heavy atom. The van der Waals surface area contributed by atoms with Crippen LogP contribution in [0.15, 0.2) is 41.0 Å². The molecule has 3 rings (SSSR count). The summed E-state index contributed by atoms with van der Waals surface area (Å²) in [6.45, 7) is -0.106. The maximum absolute atomic E-state index is 9.27. The fourth-order valence-electron chi connectivity index (χ4n) is 1.80. The maximum Gasteiger partial charge on any atom is 0.179 e. The van der Waals surface area contributed by atoms with Crippen molar-refractivity contribution in [1.29, 1.82) is 0 Å². The summed E-state index contributed by atoms with van der Waals surface area (Å²) in [5, 5.41) is 16.8. The molecule has 6 heteroatoms. The molecule has 0 aliphatic rings. The van der Waals surface area contributed by atoms with Gasteiger partial charge in [-0.3, -0.25) is 0 Å². The third kappa shape index (κ3) is 1.98. The summed E-state index contributed by atoms with van der Waals surface area (Å²) in [6, 6.07) is 10.6. The van der Waals surface area contributed by atoms with Crippen molar-refractivity contribution in [1.82, 2.24) is 10.3 Å². The summed E-state index contributed by atoms with van der Waals surface area (Å²) in [5.74, 6) is 1.03. The van der Waals surface area contributed by atoms with E-state index < -0.39 is 0 Å². The van der Waals surface area contributed by atoms with E-state index in [1.165, 1.54) is 0 Å². The Balaban J connectivity index is 2.06. The molecular formula is C13H11N3O3. The van der Waals surface area contributed by atoms with Crippen LogP contribution in [0.5, 0.6) is 11.5 Å². The molecule has 0 aliphatic heterocycles. The van der Waals surface area contributed by atoms with Crippen LogP contribution >= 0.6 is 0 Å². The number of hydrogen-bond donors (Lipinski definition) is 2. The van der Waals surface area contributed by atoms with Crippen molar-refractivity contribution in [3.05, 3.63) is 42.0 Å². The molecule has 0 saturated carbocycles. The first kappa shape index (κ1) is 11.5. The highest BCUT2D eigenvalue weighted by molar-refractivity contribution is 5.90. The summed E-state index contributed by atoms with van der Waals surface area (Å²) < 4.78 is 10.4. The Hall–Kier alpha value is -2.60. The fraction of sp³-hybridized carbons (Fsp3) is 0.0769. The lowest BCUT2D eigenvalue weighted by molar-refractivity contribution is 0.276. The Bertz CT molecular complexity index is 724. The van der Waals surface area contributed by atoms with Crippen molar-refractivity contribution in [2.45, 2.75) is 6.61 Å². The molecule has 0 amide bonds. The largest absolute Gasteiger partial charge is 0.454 e. The van der Waals surface area contributed by atoms with Gasteiger partial charge in [0.15, 0.2) is 16.8 Å². The van der Waals surface area contributed by atoms with Crippen molar-refractivity contribution in [3.63, 3.8) is 0 Å². The van der Waals surface area contributed by atoms with E-state index in [4.69, 9.17) is 10.5 Å². The van der Waals surface area contributed by atoms with E-state index in [2.05, 4.69) is 14.9 Å². The van der Waals surface area contributed by atoms with Crippen LogP contribution in [0.4, 0.5) is 5.69 Å². The Labute approximate surface area is 108 Å². The summed E-state index contributed by atoms with van der Waals surface area (Å²) >= 11 is 0. The normalized spacial score (nSPS) is 10.8. The van der Waals surface area contributed by atoms with E-state index in [-0.39, 0.29) is 6.61 Å².